The van der Waals surface area contributed by atoms with E-state index in [0.717, 1.165) is 31.3 Å². The predicted molar refractivity (Wildman–Crippen MR) is 67.7 cm³/mol. The van der Waals surface area contributed by atoms with Crippen molar-refractivity contribution in [1.82, 2.24) is 0 Å². The molecule has 3 nitrogen and oxygen atoms in total. The van der Waals surface area contributed by atoms with E-state index in [4.69, 9.17) is 4.74 Å². The molecule has 0 aromatic carbocycles. The van der Waals surface area contributed by atoms with Crippen LogP contribution in [0.2, 0.25) is 0 Å². The fraction of sp³-hybridized carbons (Fsp3) is 0.667. The van der Waals surface area contributed by atoms with Gasteiger partial charge in [0.25, 0.3) is 0 Å². The highest BCUT2D eigenvalue weighted by Crippen LogP contribution is 2.52. The fourth-order valence-corrected chi connectivity index (χ4v) is 4.01. The van der Waals surface area contributed by atoms with Crippen molar-refractivity contribution in [2.45, 2.75) is 44.3 Å². The van der Waals surface area contributed by atoms with Crippen LogP contribution in [0.1, 0.15) is 32.6 Å². The number of hydrogen-bond donors (Lipinski definition) is 1. The van der Waals surface area contributed by atoms with Crippen LogP contribution in [0, 0.1) is 17.8 Å². The highest BCUT2D eigenvalue weighted by Gasteiger charge is 2.52. The van der Waals surface area contributed by atoms with E-state index in [-0.39, 0.29) is 23.9 Å². The van der Waals surface area contributed by atoms with Gasteiger partial charge < -0.3 is 9.84 Å². The molecule has 1 heterocycles. The molecule has 0 unspecified atom stereocenters. The molecule has 1 aliphatic heterocycles. The van der Waals surface area contributed by atoms with Crippen LogP contribution in [-0.4, -0.2) is 22.8 Å². The summed E-state index contributed by atoms with van der Waals surface area (Å²) in [5, 5.41) is 10.5. The molecule has 0 radical (unpaired) electrons. The van der Waals surface area contributed by atoms with E-state index in [1.165, 1.54) is 0 Å². The Bertz CT molecular complexity index is 435. The molecule has 1 N–H and O–H groups in total. The zero-order valence-corrected chi connectivity index (χ0v) is 10.8. The number of aliphatic hydroxyl groups is 1. The van der Waals surface area contributed by atoms with Crippen LogP contribution >= 0.6 is 0 Å². The Hall–Kier alpha value is -1.09. The van der Waals surface area contributed by atoms with Gasteiger partial charge in [0.05, 0.1) is 5.60 Å². The number of carbonyl (C=O) groups is 1. The van der Waals surface area contributed by atoms with Gasteiger partial charge >= 0.3 is 5.97 Å². The summed E-state index contributed by atoms with van der Waals surface area (Å²) in [7, 11) is 0. The van der Waals surface area contributed by atoms with Crippen molar-refractivity contribution in [3.8, 4) is 0 Å². The lowest BCUT2D eigenvalue weighted by atomic mass is 9.79. The maximum atomic E-state index is 11.6. The normalized spacial score (nSPS) is 47.6. The minimum atomic E-state index is -0.644. The molecular weight excluding hydrogens is 228 g/mol. The van der Waals surface area contributed by atoms with Gasteiger partial charge in [0.15, 0.2) is 0 Å². The second-order valence-electron chi connectivity index (χ2n) is 6.28. The van der Waals surface area contributed by atoms with Crippen molar-refractivity contribution in [3.05, 3.63) is 24.3 Å². The average Bonchev–Trinajstić information content (AvgIpc) is 2.65. The lowest BCUT2D eigenvalue weighted by molar-refractivity contribution is -0.139. The van der Waals surface area contributed by atoms with E-state index in [0.29, 0.717) is 11.5 Å². The maximum Gasteiger partial charge on any atom is 0.334 e. The van der Waals surface area contributed by atoms with E-state index in [1.807, 2.05) is 6.92 Å². The summed E-state index contributed by atoms with van der Waals surface area (Å²) in [6.45, 7) is 9.93. The molecule has 0 spiro atoms. The number of ether oxygens (including phenoxy) is 1. The summed E-state index contributed by atoms with van der Waals surface area (Å²) in [4.78, 5) is 11.6. The van der Waals surface area contributed by atoms with E-state index in [2.05, 4.69) is 13.2 Å². The van der Waals surface area contributed by atoms with Gasteiger partial charge in [0, 0.05) is 17.9 Å². The van der Waals surface area contributed by atoms with Crippen molar-refractivity contribution in [2.75, 3.05) is 0 Å². The van der Waals surface area contributed by atoms with Gasteiger partial charge in [-0.1, -0.05) is 18.7 Å². The number of hydrogen-bond acceptors (Lipinski definition) is 3. The molecular formula is C15H20O3. The minimum absolute atomic E-state index is 0.0637. The van der Waals surface area contributed by atoms with E-state index < -0.39 is 5.60 Å². The number of fused-ring (bicyclic) bond motifs is 2. The summed E-state index contributed by atoms with van der Waals surface area (Å²) in [6.07, 6.45) is 3.24. The standard InChI is InChI=1S/C15H20O3/c1-8-6-13-11(9(2)14(16)18-13)7-12-10(8)4-5-15(12,3)17/h10-13,17H,1-2,4-7H2,3H3/t10-,11-,12-,13+,15-/m1/s1. The molecule has 5 atom stereocenters. The third-order valence-corrected chi connectivity index (χ3v) is 5.16. The van der Waals surface area contributed by atoms with E-state index in [1.54, 1.807) is 0 Å². The van der Waals surface area contributed by atoms with Crippen LogP contribution in [0.4, 0.5) is 0 Å². The Morgan fingerprint density at radius 1 is 1.39 bits per heavy atom. The number of carbonyl (C=O) groups excluding carboxylic acids is 1. The Labute approximate surface area is 108 Å². The van der Waals surface area contributed by atoms with Gasteiger partial charge in [0.1, 0.15) is 6.10 Å². The van der Waals surface area contributed by atoms with Crippen LogP contribution in [0.3, 0.4) is 0 Å². The molecule has 0 amide bonds. The molecule has 0 bridgehead atoms. The predicted octanol–water partition coefficient (Wildman–Crippen LogP) is 2.21. The number of esters is 1. The maximum absolute atomic E-state index is 11.6. The van der Waals surface area contributed by atoms with Gasteiger partial charge in [-0.15, -0.1) is 0 Å². The van der Waals surface area contributed by atoms with Crippen LogP contribution in [0.15, 0.2) is 24.3 Å². The lowest BCUT2D eigenvalue weighted by Crippen LogP contribution is -2.33. The quantitative estimate of drug-likeness (QED) is 0.406. The van der Waals surface area contributed by atoms with Crippen LogP contribution in [0.25, 0.3) is 0 Å². The topological polar surface area (TPSA) is 46.5 Å². The second kappa shape index (κ2) is 3.70. The zero-order valence-electron chi connectivity index (χ0n) is 10.8. The molecule has 18 heavy (non-hydrogen) atoms. The SMILES string of the molecule is C=C1C(=O)O[C@H]2CC(=C)[C@H]3CC[C@@](C)(O)[C@@H]3C[C@H]12. The lowest BCUT2D eigenvalue weighted by Gasteiger charge is -2.30. The second-order valence-corrected chi connectivity index (χ2v) is 6.28. The minimum Gasteiger partial charge on any atom is -0.458 e. The van der Waals surface area contributed by atoms with Crippen LogP contribution in [-0.2, 0) is 9.53 Å². The molecule has 3 fully saturated rings. The Morgan fingerprint density at radius 2 is 2.11 bits per heavy atom. The van der Waals surface area contributed by atoms with Crippen molar-refractivity contribution in [1.29, 1.82) is 0 Å². The zero-order chi connectivity index (χ0) is 13.1. The van der Waals surface area contributed by atoms with Crippen molar-refractivity contribution < 1.29 is 14.6 Å². The largest absolute Gasteiger partial charge is 0.458 e. The Kier molecular flexibility index (Phi) is 2.46. The first-order valence-electron chi connectivity index (χ1n) is 6.70. The summed E-state index contributed by atoms with van der Waals surface area (Å²) in [5.41, 5.74) is 1.07. The highest BCUT2D eigenvalue weighted by atomic mass is 16.6. The highest BCUT2D eigenvalue weighted by molar-refractivity contribution is 5.90. The molecule has 2 saturated carbocycles. The van der Waals surface area contributed by atoms with Crippen LogP contribution in [0.5, 0.6) is 0 Å². The van der Waals surface area contributed by atoms with Gasteiger partial charge in [-0.3, -0.25) is 0 Å². The molecule has 0 aromatic heterocycles. The first kappa shape index (κ1) is 12.0. The van der Waals surface area contributed by atoms with Gasteiger partial charge in [-0.05, 0) is 38.0 Å². The molecule has 0 aromatic rings. The summed E-state index contributed by atoms with van der Waals surface area (Å²) < 4.78 is 5.38. The molecule has 3 heteroatoms. The van der Waals surface area contributed by atoms with Gasteiger partial charge in [0.2, 0.25) is 0 Å². The van der Waals surface area contributed by atoms with E-state index >= 15 is 0 Å². The summed E-state index contributed by atoms with van der Waals surface area (Å²) >= 11 is 0. The third kappa shape index (κ3) is 1.57. The van der Waals surface area contributed by atoms with Crippen molar-refractivity contribution >= 4 is 5.97 Å². The van der Waals surface area contributed by atoms with Gasteiger partial charge in [-0.2, -0.15) is 0 Å². The molecule has 3 rings (SSSR count). The Morgan fingerprint density at radius 3 is 2.83 bits per heavy atom. The summed E-state index contributed by atoms with van der Waals surface area (Å²) in [6, 6.07) is 0. The van der Waals surface area contributed by atoms with E-state index in [9.17, 15) is 9.90 Å². The Balaban J connectivity index is 1.94. The van der Waals surface area contributed by atoms with Crippen molar-refractivity contribution in [2.24, 2.45) is 17.8 Å². The summed E-state index contributed by atoms with van der Waals surface area (Å²) in [5.74, 6) is 0.353. The number of rotatable bonds is 0. The molecule has 98 valence electrons. The smallest absolute Gasteiger partial charge is 0.334 e. The third-order valence-electron chi connectivity index (χ3n) is 5.16. The van der Waals surface area contributed by atoms with Crippen molar-refractivity contribution in [3.63, 3.8) is 0 Å². The van der Waals surface area contributed by atoms with Gasteiger partial charge in [-0.25, -0.2) is 4.79 Å². The molecule has 2 aliphatic carbocycles. The molecule has 1 saturated heterocycles. The molecule has 3 aliphatic rings. The first-order valence-corrected chi connectivity index (χ1v) is 6.70. The first-order chi connectivity index (χ1) is 8.40. The monoisotopic (exact) mass is 248 g/mol. The fourth-order valence-electron chi connectivity index (χ4n) is 4.01. The van der Waals surface area contributed by atoms with Crippen LogP contribution < -0.4 is 0 Å². The average molecular weight is 248 g/mol.